The molecule has 3 rings (SSSR count). The van der Waals surface area contributed by atoms with E-state index in [1.54, 1.807) is 36.8 Å². The lowest BCUT2D eigenvalue weighted by molar-refractivity contribution is 0.626. The van der Waals surface area contributed by atoms with Crippen molar-refractivity contribution in [2.45, 2.75) is 32.6 Å². The highest BCUT2D eigenvalue weighted by molar-refractivity contribution is 5.44. The van der Waals surface area contributed by atoms with E-state index in [9.17, 15) is 4.39 Å². The normalized spacial score (nSPS) is 10.3. The molecule has 4 nitrogen and oxygen atoms in total. The van der Waals surface area contributed by atoms with Gasteiger partial charge < -0.3 is 0 Å². The SMILES string of the molecule is CCCCCc1c(C#Cc2ncccn2)cnn1-c1ccc(F)cc1. The maximum Gasteiger partial charge on any atom is 0.205 e. The number of benzene rings is 1. The van der Waals surface area contributed by atoms with E-state index < -0.39 is 0 Å². The average molecular weight is 334 g/mol. The fourth-order valence-corrected chi connectivity index (χ4v) is 2.55. The minimum Gasteiger partial charge on any atom is -0.237 e. The second kappa shape index (κ2) is 8.20. The van der Waals surface area contributed by atoms with Gasteiger partial charge in [0.05, 0.1) is 23.1 Å². The Morgan fingerprint density at radius 1 is 1.04 bits per heavy atom. The molecule has 0 saturated carbocycles. The molecule has 0 N–H and O–H groups in total. The van der Waals surface area contributed by atoms with Gasteiger partial charge >= 0.3 is 0 Å². The highest BCUT2D eigenvalue weighted by Gasteiger charge is 2.11. The van der Waals surface area contributed by atoms with Gasteiger partial charge in [0.1, 0.15) is 5.82 Å². The maximum absolute atomic E-state index is 13.2. The molecule has 0 amide bonds. The van der Waals surface area contributed by atoms with Crippen LogP contribution >= 0.6 is 0 Å². The molecule has 0 fully saturated rings. The van der Waals surface area contributed by atoms with Gasteiger partial charge in [0.2, 0.25) is 5.82 Å². The minimum atomic E-state index is -0.260. The third kappa shape index (κ3) is 4.30. The molecule has 0 aliphatic heterocycles. The molecule has 0 radical (unpaired) electrons. The molecule has 0 spiro atoms. The van der Waals surface area contributed by atoms with Gasteiger partial charge in [0, 0.05) is 12.4 Å². The fourth-order valence-electron chi connectivity index (χ4n) is 2.55. The van der Waals surface area contributed by atoms with Crippen molar-refractivity contribution in [3.05, 3.63) is 71.8 Å². The Labute approximate surface area is 146 Å². The number of unbranched alkanes of at least 4 members (excludes halogenated alkanes) is 2. The molecule has 2 aromatic heterocycles. The number of rotatable bonds is 5. The van der Waals surface area contributed by atoms with Gasteiger partial charge in [-0.1, -0.05) is 25.7 Å². The highest BCUT2D eigenvalue weighted by Crippen LogP contribution is 2.18. The topological polar surface area (TPSA) is 43.6 Å². The molecule has 25 heavy (non-hydrogen) atoms. The van der Waals surface area contributed by atoms with Crippen LogP contribution in [-0.4, -0.2) is 19.7 Å². The summed E-state index contributed by atoms with van der Waals surface area (Å²) in [6.07, 6.45) is 9.29. The van der Waals surface area contributed by atoms with Crippen molar-refractivity contribution in [2.75, 3.05) is 0 Å². The summed E-state index contributed by atoms with van der Waals surface area (Å²) in [4.78, 5) is 8.24. The number of nitrogens with zero attached hydrogens (tertiary/aromatic N) is 4. The molecule has 0 bridgehead atoms. The first-order chi connectivity index (χ1) is 12.3. The smallest absolute Gasteiger partial charge is 0.205 e. The summed E-state index contributed by atoms with van der Waals surface area (Å²) < 4.78 is 15.0. The van der Waals surface area contributed by atoms with Crippen LogP contribution in [0.5, 0.6) is 0 Å². The molecular weight excluding hydrogens is 315 g/mol. The Kier molecular flexibility index (Phi) is 5.53. The van der Waals surface area contributed by atoms with E-state index in [0.717, 1.165) is 42.6 Å². The van der Waals surface area contributed by atoms with Gasteiger partial charge in [-0.25, -0.2) is 19.0 Å². The lowest BCUT2D eigenvalue weighted by atomic mass is 10.1. The van der Waals surface area contributed by atoms with Gasteiger partial charge in [-0.3, -0.25) is 0 Å². The van der Waals surface area contributed by atoms with Crippen LogP contribution in [-0.2, 0) is 6.42 Å². The molecule has 5 heteroatoms. The van der Waals surface area contributed by atoms with Crippen molar-refractivity contribution in [1.82, 2.24) is 19.7 Å². The van der Waals surface area contributed by atoms with E-state index in [-0.39, 0.29) is 5.82 Å². The highest BCUT2D eigenvalue weighted by atomic mass is 19.1. The Hall–Kier alpha value is -3.00. The monoisotopic (exact) mass is 334 g/mol. The molecule has 0 saturated heterocycles. The molecule has 1 aromatic carbocycles. The van der Waals surface area contributed by atoms with E-state index in [2.05, 4.69) is 33.8 Å². The zero-order chi connectivity index (χ0) is 17.5. The molecule has 0 unspecified atom stereocenters. The molecule has 2 heterocycles. The number of aromatic nitrogens is 4. The van der Waals surface area contributed by atoms with Crippen molar-refractivity contribution in [1.29, 1.82) is 0 Å². The number of hydrogen-bond donors (Lipinski definition) is 0. The predicted octanol–water partition coefficient (Wildman–Crippen LogP) is 3.93. The van der Waals surface area contributed by atoms with Crippen LogP contribution in [0.25, 0.3) is 5.69 Å². The summed E-state index contributed by atoms with van der Waals surface area (Å²) in [5, 5.41) is 4.46. The first kappa shape index (κ1) is 16.8. The standard InChI is InChI=1S/C20H19FN4/c1-2-3-4-6-19-16(7-12-20-22-13-5-14-23-20)15-24-25(19)18-10-8-17(21)9-11-18/h5,8-11,13-15H,2-4,6H2,1H3. The van der Waals surface area contributed by atoms with Gasteiger partial charge in [-0.05, 0) is 49.1 Å². The quantitative estimate of drug-likeness (QED) is 0.524. The van der Waals surface area contributed by atoms with Gasteiger partial charge in [0.15, 0.2) is 0 Å². The van der Waals surface area contributed by atoms with E-state index in [0.29, 0.717) is 5.82 Å². The third-order valence-corrected chi connectivity index (χ3v) is 3.83. The van der Waals surface area contributed by atoms with Crippen molar-refractivity contribution in [3.8, 4) is 17.5 Å². The summed E-state index contributed by atoms with van der Waals surface area (Å²) in [6, 6.07) is 8.09. The predicted molar refractivity (Wildman–Crippen MR) is 94.8 cm³/mol. The van der Waals surface area contributed by atoms with Crippen LogP contribution in [0.1, 0.15) is 43.3 Å². The van der Waals surface area contributed by atoms with Crippen molar-refractivity contribution >= 4 is 0 Å². The zero-order valence-corrected chi connectivity index (χ0v) is 14.1. The van der Waals surface area contributed by atoms with Crippen molar-refractivity contribution in [2.24, 2.45) is 0 Å². The molecule has 0 aliphatic rings. The van der Waals surface area contributed by atoms with Crippen LogP contribution in [0, 0.1) is 17.7 Å². The van der Waals surface area contributed by atoms with Crippen LogP contribution in [0.15, 0.2) is 48.9 Å². The largest absolute Gasteiger partial charge is 0.237 e. The lowest BCUT2D eigenvalue weighted by Crippen LogP contribution is -2.03. The summed E-state index contributed by atoms with van der Waals surface area (Å²) in [7, 11) is 0. The molecule has 126 valence electrons. The average Bonchev–Trinajstić information content (AvgIpc) is 3.05. The van der Waals surface area contributed by atoms with E-state index >= 15 is 0 Å². The molecular formula is C20H19FN4. The Morgan fingerprint density at radius 2 is 1.80 bits per heavy atom. The maximum atomic E-state index is 13.2. The second-order valence-corrected chi connectivity index (χ2v) is 5.67. The molecule has 0 aliphatic carbocycles. The first-order valence-electron chi connectivity index (χ1n) is 8.40. The lowest BCUT2D eigenvalue weighted by Gasteiger charge is -2.08. The van der Waals surface area contributed by atoms with Crippen LogP contribution in [0.3, 0.4) is 0 Å². The molecule has 3 aromatic rings. The number of hydrogen-bond acceptors (Lipinski definition) is 3. The minimum absolute atomic E-state index is 0.260. The summed E-state index contributed by atoms with van der Waals surface area (Å²) in [6.45, 7) is 2.17. The zero-order valence-electron chi connectivity index (χ0n) is 14.1. The second-order valence-electron chi connectivity index (χ2n) is 5.67. The summed E-state index contributed by atoms with van der Waals surface area (Å²) >= 11 is 0. The summed E-state index contributed by atoms with van der Waals surface area (Å²) in [5.41, 5.74) is 2.72. The first-order valence-corrected chi connectivity index (χ1v) is 8.40. The summed E-state index contributed by atoms with van der Waals surface area (Å²) in [5.74, 6) is 6.33. The van der Waals surface area contributed by atoms with Crippen LogP contribution < -0.4 is 0 Å². The van der Waals surface area contributed by atoms with Crippen LogP contribution in [0.2, 0.25) is 0 Å². The third-order valence-electron chi connectivity index (χ3n) is 3.83. The Balaban J connectivity index is 1.95. The van der Waals surface area contributed by atoms with E-state index in [4.69, 9.17) is 0 Å². The Bertz CT molecular complexity index is 874. The Morgan fingerprint density at radius 3 is 2.52 bits per heavy atom. The van der Waals surface area contributed by atoms with Gasteiger partial charge in [-0.15, -0.1) is 0 Å². The van der Waals surface area contributed by atoms with Gasteiger partial charge in [0.25, 0.3) is 0 Å². The van der Waals surface area contributed by atoms with Crippen LogP contribution in [0.4, 0.5) is 4.39 Å². The molecule has 0 atom stereocenters. The number of halogens is 1. The van der Waals surface area contributed by atoms with E-state index in [1.165, 1.54) is 12.1 Å². The van der Waals surface area contributed by atoms with E-state index in [1.807, 2.05) is 4.68 Å². The van der Waals surface area contributed by atoms with Crippen molar-refractivity contribution in [3.63, 3.8) is 0 Å². The van der Waals surface area contributed by atoms with Crippen molar-refractivity contribution < 1.29 is 4.39 Å². The fraction of sp³-hybridized carbons (Fsp3) is 0.250. The van der Waals surface area contributed by atoms with Gasteiger partial charge in [-0.2, -0.15) is 5.10 Å².